The summed E-state index contributed by atoms with van der Waals surface area (Å²) in [6, 6.07) is 4.62. The van der Waals surface area contributed by atoms with Crippen LogP contribution in [-0.4, -0.2) is 86.6 Å². The molecule has 2 heterocycles. The molecule has 11 heteroatoms. The predicted octanol–water partition coefficient (Wildman–Crippen LogP) is 0.579. The second-order valence-electron chi connectivity index (χ2n) is 6.74. The number of carbonyl (C=O) groups excluding carboxylic acids is 2. The highest BCUT2D eigenvalue weighted by Crippen LogP contribution is 2.29. The maximum atomic E-state index is 14.8. The molecule has 9 nitrogen and oxygen atoms in total. The Morgan fingerprint density at radius 1 is 1.38 bits per heavy atom. The van der Waals surface area contributed by atoms with Crippen LogP contribution in [0.15, 0.2) is 18.2 Å². The van der Waals surface area contributed by atoms with Crippen molar-refractivity contribution in [3.63, 3.8) is 0 Å². The van der Waals surface area contributed by atoms with Crippen molar-refractivity contribution in [1.29, 1.82) is 0 Å². The highest BCUT2D eigenvalue weighted by Gasteiger charge is 2.36. The summed E-state index contributed by atoms with van der Waals surface area (Å²) in [5.41, 5.74) is 6.21. The van der Waals surface area contributed by atoms with Crippen molar-refractivity contribution >= 4 is 40.8 Å². The summed E-state index contributed by atoms with van der Waals surface area (Å²) in [6.07, 6.45) is -1.20. The van der Waals surface area contributed by atoms with E-state index in [1.54, 1.807) is 24.1 Å². The van der Waals surface area contributed by atoms with Crippen LogP contribution in [0, 0.1) is 5.82 Å². The summed E-state index contributed by atoms with van der Waals surface area (Å²) in [6.45, 7) is 2.16. The fourth-order valence-electron chi connectivity index (χ4n) is 3.37. The molecule has 2 N–H and O–H groups in total. The van der Waals surface area contributed by atoms with Gasteiger partial charge in [-0.3, -0.25) is 14.6 Å². The summed E-state index contributed by atoms with van der Waals surface area (Å²) in [4.78, 5) is 30.3. The maximum Gasteiger partial charge on any atom is 0.416 e. The van der Waals surface area contributed by atoms with Crippen LogP contribution < -0.4 is 15.5 Å². The third-order valence-electron chi connectivity index (χ3n) is 5.08. The number of halogens is 1. The van der Waals surface area contributed by atoms with Crippen LogP contribution in [0.5, 0.6) is 0 Å². The Labute approximate surface area is 173 Å². The lowest BCUT2D eigenvalue weighted by atomic mass is 10.2. The number of cyclic esters (lactones) is 1. The summed E-state index contributed by atoms with van der Waals surface area (Å²) < 4.78 is 25.1. The average Bonchev–Trinajstić information content (AvgIpc) is 3.13. The van der Waals surface area contributed by atoms with E-state index >= 15 is 0 Å². The highest BCUT2D eigenvalue weighted by molar-refractivity contribution is 7.80. The number of methoxy groups -OCH3 is 1. The number of nitrogens with two attached hydrogens (primary N) is 1. The second-order valence-corrected chi connectivity index (χ2v) is 7.09. The number of benzene rings is 1. The molecule has 0 bridgehead atoms. The van der Waals surface area contributed by atoms with Gasteiger partial charge in [-0.1, -0.05) is 0 Å². The standard InChI is InChI=1S/C18H24FN5O4S/c1-21(18(29)27-2)16-11-24(17(26)28-16)12-3-4-14(13(19)9-12)22-5-7-23(8-6-22)15(25)10-20/h3-4,9,16H,5-8,10-11,20H2,1-2H3/t16-/m0/s1. The van der Waals surface area contributed by atoms with Crippen molar-refractivity contribution < 1.29 is 23.5 Å². The number of hydrogen-bond donors (Lipinski definition) is 1. The van der Waals surface area contributed by atoms with Crippen molar-refractivity contribution in [2.75, 3.05) is 63.2 Å². The first kappa shape index (κ1) is 21.1. The molecule has 0 saturated carbocycles. The highest BCUT2D eigenvalue weighted by atomic mass is 32.1. The molecule has 2 fully saturated rings. The fourth-order valence-corrected chi connectivity index (χ4v) is 3.49. The number of nitrogens with zero attached hydrogens (tertiary/aromatic N) is 4. The van der Waals surface area contributed by atoms with Gasteiger partial charge in [0.25, 0.3) is 5.17 Å². The Bertz CT molecular complexity index is 802. The van der Waals surface area contributed by atoms with Crippen molar-refractivity contribution in [2.45, 2.75) is 6.23 Å². The van der Waals surface area contributed by atoms with Crippen LogP contribution in [0.4, 0.5) is 20.6 Å². The molecule has 1 aromatic carbocycles. The number of anilines is 2. The Balaban J connectivity index is 1.68. The molecule has 158 valence electrons. The monoisotopic (exact) mass is 425 g/mol. The molecule has 0 aromatic heterocycles. The Morgan fingerprint density at radius 3 is 2.66 bits per heavy atom. The third-order valence-corrected chi connectivity index (χ3v) is 5.54. The maximum absolute atomic E-state index is 14.8. The van der Waals surface area contributed by atoms with E-state index in [4.69, 9.17) is 27.4 Å². The van der Waals surface area contributed by atoms with Gasteiger partial charge in [0.2, 0.25) is 5.91 Å². The van der Waals surface area contributed by atoms with Crippen LogP contribution in [-0.2, 0) is 14.3 Å². The fraction of sp³-hybridized carbons (Fsp3) is 0.500. The van der Waals surface area contributed by atoms with E-state index in [0.29, 0.717) is 37.6 Å². The lowest BCUT2D eigenvalue weighted by Gasteiger charge is -2.36. The third kappa shape index (κ3) is 4.35. The van der Waals surface area contributed by atoms with Crippen LogP contribution in [0.3, 0.4) is 0 Å². The normalized spacial score (nSPS) is 19.2. The Hall–Kier alpha value is -2.66. The molecule has 3 rings (SSSR count). The zero-order chi connectivity index (χ0) is 21.1. The van der Waals surface area contributed by atoms with Crippen LogP contribution in [0.25, 0.3) is 0 Å². The second kappa shape index (κ2) is 8.78. The van der Waals surface area contributed by atoms with Gasteiger partial charge in [-0.25, -0.2) is 9.18 Å². The molecular weight excluding hydrogens is 401 g/mol. The number of amides is 2. The molecule has 0 unspecified atom stereocenters. The Kier molecular flexibility index (Phi) is 6.38. The van der Waals surface area contributed by atoms with E-state index < -0.39 is 18.1 Å². The zero-order valence-corrected chi connectivity index (χ0v) is 17.2. The number of rotatable bonds is 4. The zero-order valence-electron chi connectivity index (χ0n) is 16.3. The van der Waals surface area contributed by atoms with Gasteiger partial charge in [-0.2, -0.15) is 0 Å². The lowest BCUT2D eigenvalue weighted by molar-refractivity contribution is -0.129. The van der Waals surface area contributed by atoms with Crippen molar-refractivity contribution in [1.82, 2.24) is 9.80 Å². The first-order valence-electron chi connectivity index (χ1n) is 9.17. The number of ether oxygens (including phenoxy) is 2. The number of likely N-dealkylation sites (N-methyl/N-ethyl adjacent to an activating group) is 1. The lowest BCUT2D eigenvalue weighted by Crippen LogP contribution is -2.50. The van der Waals surface area contributed by atoms with Gasteiger partial charge < -0.3 is 25.0 Å². The van der Waals surface area contributed by atoms with E-state index in [0.717, 1.165) is 0 Å². The van der Waals surface area contributed by atoms with Crippen LogP contribution >= 0.6 is 12.2 Å². The van der Waals surface area contributed by atoms with Gasteiger partial charge in [0.05, 0.1) is 31.6 Å². The summed E-state index contributed by atoms with van der Waals surface area (Å²) in [7, 11) is 3.10. The molecule has 1 aromatic rings. The molecule has 2 saturated heterocycles. The molecule has 0 aliphatic carbocycles. The SMILES string of the molecule is COC(=S)N(C)[C@@H]1CN(c2ccc(N3CCN(C(=O)CN)CC3)c(F)c2)C(=O)O1. The quantitative estimate of drug-likeness (QED) is 0.701. The van der Waals surface area contributed by atoms with Gasteiger partial charge in [0, 0.05) is 33.2 Å². The van der Waals surface area contributed by atoms with Gasteiger partial charge in [-0.15, -0.1) is 0 Å². The first-order chi connectivity index (χ1) is 13.8. The van der Waals surface area contributed by atoms with Crippen LogP contribution in [0.1, 0.15) is 0 Å². The van der Waals surface area contributed by atoms with E-state index in [2.05, 4.69) is 0 Å². The molecule has 0 radical (unpaired) electrons. The number of thiocarbonyl (C=S) groups is 1. The van der Waals surface area contributed by atoms with Gasteiger partial charge in [0.1, 0.15) is 5.82 Å². The average molecular weight is 425 g/mol. The minimum Gasteiger partial charge on any atom is -0.474 e. The smallest absolute Gasteiger partial charge is 0.416 e. The minimum absolute atomic E-state index is 0.0275. The summed E-state index contributed by atoms with van der Waals surface area (Å²) in [5, 5.41) is 0.193. The minimum atomic E-state index is -0.620. The molecule has 2 amide bonds. The molecule has 0 spiro atoms. The number of carbonyl (C=O) groups is 2. The largest absolute Gasteiger partial charge is 0.474 e. The Morgan fingerprint density at radius 2 is 2.07 bits per heavy atom. The number of piperazine rings is 1. The first-order valence-corrected chi connectivity index (χ1v) is 9.57. The summed E-state index contributed by atoms with van der Waals surface area (Å²) in [5.74, 6) is -0.557. The molecular formula is C18H24FN5O4S. The van der Waals surface area contributed by atoms with E-state index in [-0.39, 0.29) is 24.2 Å². The van der Waals surface area contributed by atoms with Crippen molar-refractivity contribution in [3.05, 3.63) is 24.0 Å². The van der Waals surface area contributed by atoms with Gasteiger partial charge in [-0.05, 0) is 30.4 Å². The number of hydrogen-bond acceptors (Lipinski definition) is 7. The summed E-state index contributed by atoms with van der Waals surface area (Å²) >= 11 is 5.05. The van der Waals surface area contributed by atoms with E-state index in [1.165, 1.54) is 23.0 Å². The molecule has 2 aliphatic heterocycles. The van der Waals surface area contributed by atoms with Crippen molar-refractivity contribution in [3.8, 4) is 0 Å². The topological polar surface area (TPSA) is 91.6 Å². The van der Waals surface area contributed by atoms with E-state index in [9.17, 15) is 14.0 Å². The molecule has 1 atom stereocenters. The van der Waals surface area contributed by atoms with Gasteiger partial charge in [0.15, 0.2) is 6.23 Å². The van der Waals surface area contributed by atoms with Crippen molar-refractivity contribution in [2.24, 2.45) is 5.73 Å². The molecule has 2 aliphatic rings. The van der Waals surface area contributed by atoms with Crippen LogP contribution in [0.2, 0.25) is 0 Å². The van der Waals surface area contributed by atoms with E-state index in [1.807, 2.05) is 4.90 Å². The van der Waals surface area contributed by atoms with Gasteiger partial charge >= 0.3 is 6.09 Å². The molecule has 29 heavy (non-hydrogen) atoms. The predicted molar refractivity (Wildman–Crippen MR) is 109 cm³/mol.